The second-order valence-corrected chi connectivity index (χ2v) is 1.82. The summed E-state index contributed by atoms with van der Waals surface area (Å²) >= 11 is 0. The quantitative estimate of drug-likeness (QED) is 0.385. The topological polar surface area (TPSA) is 44.3 Å². The van der Waals surface area contributed by atoms with E-state index in [0.29, 0.717) is 6.04 Å². The molecule has 0 bridgehead atoms. The maximum atomic E-state index is 8.28. The molecule has 0 saturated carbocycles. The first kappa shape index (κ1) is 5.03. The van der Waals surface area contributed by atoms with E-state index in [4.69, 9.17) is 5.21 Å². The molecule has 0 aliphatic carbocycles. The van der Waals surface area contributed by atoms with Gasteiger partial charge < -0.3 is 10.5 Å². The van der Waals surface area contributed by atoms with E-state index in [1.54, 1.807) is 0 Å². The fourth-order valence-electron chi connectivity index (χ4n) is 0.765. The van der Waals surface area contributed by atoms with E-state index in [2.05, 4.69) is 10.8 Å². The molecule has 0 aromatic rings. The van der Waals surface area contributed by atoms with Crippen LogP contribution in [0.25, 0.3) is 0 Å². The monoisotopic (exact) mass is 102 g/mol. The number of rotatable bonds is 1. The molecule has 1 atom stereocenters. The van der Waals surface area contributed by atoms with Crippen LogP contribution in [0.1, 0.15) is 6.42 Å². The van der Waals surface area contributed by atoms with Gasteiger partial charge in [0, 0.05) is 12.6 Å². The summed E-state index contributed by atoms with van der Waals surface area (Å²) in [5.41, 5.74) is 2.20. The predicted octanol–water partition coefficient (Wildman–Crippen LogP) is -0.673. The Morgan fingerprint density at radius 3 is 2.86 bits per heavy atom. The lowest BCUT2D eigenvalue weighted by Crippen LogP contribution is -2.27. The zero-order valence-electron chi connectivity index (χ0n) is 4.15. The zero-order chi connectivity index (χ0) is 5.11. The number of nitrogens with one attached hydrogen (secondary N) is 2. The van der Waals surface area contributed by atoms with Gasteiger partial charge in [0.25, 0.3) is 0 Å². The van der Waals surface area contributed by atoms with Crippen molar-refractivity contribution in [3.8, 4) is 0 Å². The highest BCUT2D eigenvalue weighted by Crippen LogP contribution is 1.93. The van der Waals surface area contributed by atoms with E-state index >= 15 is 0 Å². The van der Waals surface area contributed by atoms with Crippen LogP contribution < -0.4 is 10.8 Å². The Hall–Kier alpha value is -0.120. The maximum Gasteiger partial charge on any atom is 0.0456 e. The van der Waals surface area contributed by atoms with Crippen molar-refractivity contribution < 1.29 is 5.21 Å². The summed E-state index contributed by atoms with van der Waals surface area (Å²) in [7, 11) is 0. The van der Waals surface area contributed by atoms with E-state index < -0.39 is 0 Å². The smallest absolute Gasteiger partial charge is 0.0456 e. The van der Waals surface area contributed by atoms with Crippen LogP contribution in [0.2, 0.25) is 0 Å². The third-order valence-electron chi connectivity index (χ3n) is 1.24. The molecule has 1 aliphatic rings. The second kappa shape index (κ2) is 2.26. The summed E-state index contributed by atoms with van der Waals surface area (Å²) in [6.07, 6.45) is 1.04. The molecule has 42 valence electrons. The van der Waals surface area contributed by atoms with Crippen LogP contribution in [-0.2, 0) is 0 Å². The number of hydroxylamine groups is 1. The first-order chi connectivity index (χ1) is 3.43. The van der Waals surface area contributed by atoms with E-state index in [9.17, 15) is 0 Å². The van der Waals surface area contributed by atoms with Crippen molar-refractivity contribution in [3.63, 3.8) is 0 Å². The molecule has 0 spiro atoms. The Labute approximate surface area is 42.7 Å². The van der Waals surface area contributed by atoms with E-state index in [0.717, 1.165) is 19.5 Å². The van der Waals surface area contributed by atoms with Crippen molar-refractivity contribution in [2.24, 2.45) is 0 Å². The lowest BCUT2D eigenvalue weighted by atomic mass is 10.3. The molecule has 0 radical (unpaired) electrons. The van der Waals surface area contributed by atoms with Crippen LogP contribution in [-0.4, -0.2) is 24.3 Å². The third kappa shape index (κ3) is 1.12. The van der Waals surface area contributed by atoms with Crippen molar-refractivity contribution in [2.75, 3.05) is 13.1 Å². The van der Waals surface area contributed by atoms with Gasteiger partial charge in [-0.2, -0.15) is 0 Å². The van der Waals surface area contributed by atoms with E-state index in [-0.39, 0.29) is 0 Å². The standard InChI is InChI=1S/C4H10N2O/c7-6-4-1-2-5-3-4/h4-7H,1-3H2. The average Bonchev–Trinajstić information content (AvgIpc) is 2.14. The number of hydrogen-bond donors (Lipinski definition) is 3. The molecule has 3 heteroatoms. The fraction of sp³-hybridized carbons (Fsp3) is 1.00. The Kier molecular flexibility index (Phi) is 1.62. The summed E-state index contributed by atoms with van der Waals surface area (Å²) in [4.78, 5) is 0. The molecule has 1 saturated heterocycles. The summed E-state index contributed by atoms with van der Waals surface area (Å²) in [5, 5.41) is 11.4. The highest BCUT2D eigenvalue weighted by atomic mass is 16.5. The molecule has 1 fully saturated rings. The molecular formula is C4H10N2O. The Morgan fingerprint density at radius 2 is 2.57 bits per heavy atom. The molecule has 1 unspecified atom stereocenters. The normalized spacial score (nSPS) is 31.3. The van der Waals surface area contributed by atoms with Crippen LogP contribution >= 0.6 is 0 Å². The minimum atomic E-state index is 0.292. The summed E-state index contributed by atoms with van der Waals surface area (Å²) in [6, 6.07) is 0.292. The highest BCUT2D eigenvalue weighted by molar-refractivity contribution is 4.73. The molecule has 3 N–H and O–H groups in total. The van der Waals surface area contributed by atoms with Gasteiger partial charge in [-0.3, -0.25) is 0 Å². The zero-order valence-corrected chi connectivity index (χ0v) is 4.15. The van der Waals surface area contributed by atoms with Gasteiger partial charge in [-0.15, -0.1) is 0 Å². The molecule has 0 aromatic heterocycles. The fourth-order valence-corrected chi connectivity index (χ4v) is 0.765. The van der Waals surface area contributed by atoms with Crippen molar-refractivity contribution in [3.05, 3.63) is 0 Å². The molecule has 0 aromatic carbocycles. The van der Waals surface area contributed by atoms with Crippen molar-refractivity contribution in [1.82, 2.24) is 10.8 Å². The van der Waals surface area contributed by atoms with Gasteiger partial charge in [0.15, 0.2) is 0 Å². The van der Waals surface area contributed by atoms with E-state index in [1.807, 2.05) is 0 Å². The van der Waals surface area contributed by atoms with Crippen LogP contribution in [0.15, 0.2) is 0 Å². The largest absolute Gasteiger partial charge is 0.316 e. The average molecular weight is 102 g/mol. The lowest BCUT2D eigenvalue weighted by Gasteiger charge is -2.00. The summed E-state index contributed by atoms with van der Waals surface area (Å²) < 4.78 is 0. The van der Waals surface area contributed by atoms with Crippen molar-refractivity contribution >= 4 is 0 Å². The maximum absolute atomic E-state index is 8.28. The first-order valence-corrected chi connectivity index (χ1v) is 2.54. The summed E-state index contributed by atoms with van der Waals surface area (Å²) in [6.45, 7) is 1.93. The predicted molar refractivity (Wildman–Crippen MR) is 26.2 cm³/mol. The molecule has 1 heterocycles. The molecule has 0 amide bonds. The van der Waals surface area contributed by atoms with Gasteiger partial charge in [-0.05, 0) is 13.0 Å². The number of hydrogen-bond acceptors (Lipinski definition) is 3. The third-order valence-corrected chi connectivity index (χ3v) is 1.24. The Bertz CT molecular complexity index is 51.7. The van der Waals surface area contributed by atoms with Gasteiger partial charge in [0.05, 0.1) is 0 Å². The Balaban J connectivity index is 2.14. The first-order valence-electron chi connectivity index (χ1n) is 2.54. The Morgan fingerprint density at radius 1 is 1.71 bits per heavy atom. The minimum Gasteiger partial charge on any atom is -0.316 e. The molecule has 1 aliphatic heterocycles. The molecule has 1 rings (SSSR count). The van der Waals surface area contributed by atoms with Gasteiger partial charge in [-0.1, -0.05) is 0 Å². The van der Waals surface area contributed by atoms with Crippen molar-refractivity contribution in [2.45, 2.75) is 12.5 Å². The molecule has 7 heavy (non-hydrogen) atoms. The van der Waals surface area contributed by atoms with E-state index in [1.165, 1.54) is 0 Å². The second-order valence-electron chi connectivity index (χ2n) is 1.82. The van der Waals surface area contributed by atoms with Crippen molar-refractivity contribution in [1.29, 1.82) is 0 Å². The van der Waals surface area contributed by atoms with Gasteiger partial charge in [-0.25, -0.2) is 5.48 Å². The van der Waals surface area contributed by atoms with Gasteiger partial charge in [0.1, 0.15) is 0 Å². The van der Waals surface area contributed by atoms with Gasteiger partial charge >= 0.3 is 0 Å². The minimum absolute atomic E-state index is 0.292. The van der Waals surface area contributed by atoms with Gasteiger partial charge in [0.2, 0.25) is 0 Å². The van der Waals surface area contributed by atoms with Crippen LogP contribution in [0.5, 0.6) is 0 Å². The SMILES string of the molecule is ONC1CCNC1. The summed E-state index contributed by atoms with van der Waals surface area (Å²) in [5.74, 6) is 0. The van der Waals surface area contributed by atoms with Crippen LogP contribution in [0, 0.1) is 0 Å². The molecular weight excluding hydrogens is 92.1 g/mol. The molecule has 3 nitrogen and oxygen atoms in total. The highest BCUT2D eigenvalue weighted by Gasteiger charge is 2.11. The lowest BCUT2D eigenvalue weighted by molar-refractivity contribution is 0.133. The van der Waals surface area contributed by atoms with Crippen LogP contribution in [0.4, 0.5) is 0 Å². The van der Waals surface area contributed by atoms with Crippen LogP contribution in [0.3, 0.4) is 0 Å².